The van der Waals surface area contributed by atoms with Crippen LogP contribution >= 0.6 is 0 Å². The lowest BCUT2D eigenvalue weighted by molar-refractivity contribution is -0.136. The maximum Gasteiger partial charge on any atom is 0.255 e. The Kier molecular flexibility index (Phi) is 5.42. The van der Waals surface area contributed by atoms with Gasteiger partial charge in [-0.15, -0.1) is 0 Å². The molecule has 0 spiro atoms. The molecule has 3 aliphatic heterocycles. The number of nitrogens with one attached hydrogen (secondary N) is 3. The molecule has 0 saturated carbocycles. The van der Waals surface area contributed by atoms with Crippen molar-refractivity contribution in [3.05, 3.63) is 34.9 Å². The molecule has 1 aromatic rings. The van der Waals surface area contributed by atoms with E-state index in [2.05, 4.69) is 29.8 Å². The van der Waals surface area contributed by atoms with Crippen molar-refractivity contribution in [3.63, 3.8) is 0 Å². The number of hydrogen-bond donors (Lipinski definition) is 3. The largest absolute Gasteiger partial charge is 0.373 e. The zero-order valence-electron chi connectivity index (χ0n) is 16.9. The fourth-order valence-corrected chi connectivity index (χ4v) is 4.15. The van der Waals surface area contributed by atoms with Gasteiger partial charge in [0, 0.05) is 44.2 Å². The molecule has 3 aliphatic rings. The molecule has 156 valence electrons. The van der Waals surface area contributed by atoms with Gasteiger partial charge in [-0.1, -0.05) is 12.1 Å². The number of rotatable bonds is 5. The molecule has 29 heavy (non-hydrogen) atoms. The van der Waals surface area contributed by atoms with Crippen LogP contribution in [0.3, 0.4) is 0 Å². The lowest BCUT2D eigenvalue weighted by Crippen LogP contribution is -2.54. The van der Waals surface area contributed by atoms with Crippen LogP contribution in [0.5, 0.6) is 0 Å². The maximum absolute atomic E-state index is 12.9. The van der Waals surface area contributed by atoms with E-state index < -0.39 is 6.04 Å². The normalized spacial score (nSPS) is 26.4. The molecule has 0 aliphatic carbocycles. The van der Waals surface area contributed by atoms with Crippen molar-refractivity contribution in [1.82, 2.24) is 20.9 Å². The topological polar surface area (TPSA) is 99.8 Å². The third kappa shape index (κ3) is 4.19. The van der Waals surface area contributed by atoms with Crippen LogP contribution in [0.4, 0.5) is 0 Å². The van der Waals surface area contributed by atoms with Crippen LogP contribution in [0.15, 0.2) is 18.2 Å². The molecule has 8 heteroatoms. The summed E-state index contributed by atoms with van der Waals surface area (Å²) in [6.45, 7) is 7.43. The van der Waals surface area contributed by atoms with Crippen molar-refractivity contribution in [2.75, 3.05) is 19.7 Å². The maximum atomic E-state index is 12.9. The van der Waals surface area contributed by atoms with E-state index in [1.807, 2.05) is 18.2 Å². The Balaban J connectivity index is 1.38. The fourth-order valence-electron chi connectivity index (χ4n) is 4.15. The Hall–Kier alpha value is -2.29. The first-order valence-corrected chi connectivity index (χ1v) is 10.2. The van der Waals surface area contributed by atoms with E-state index >= 15 is 0 Å². The van der Waals surface area contributed by atoms with Gasteiger partial charge in [0.1, 0.15) is 6.04 Å². The Bertz CT molecular complexity index is 828. The SMILES string of the molecule is CC1(C)CNC(CNCc2cccc3c2CN(C2CCC(=O)NC2=O)C3=O)CO1. The van der Waals surface area contributed by atoms with Crippen molar-refractivity contribution < 1.29 is 19.1 Å². The number of carbonyl (C=O) groups is 3. The number of piperidine rings is 1. The second kappa shape index (κ2) is 7.85. The molecule has 3 N–H and O–H groups in total. The summed E-state index contributed by atoms with van der Waals surface area (Å²) in [7, 11) is 0. The average molecular weight is 400 g/mol. The van der Waals surface area contributed by atoms with Crippen LogP contribution in [0.25, 0.3) is 0 Å². The Morgan fingerprint density at radius 2 is 2.10 bits per heavy atom. The lowest BCUT2D eigenvalue weighted by Gasteiger charge is -2.36. The highest BCUT2D eigenvalue weighted by molar-refractivity contribution is 6.05. The molecular weight excluding hydrogens is 372 g/mol. The summed E-state index contributed by atoms with van der Waals surface area (Å²) < 4.78 is 5.85. The molecule has 2 fully saturated rings. The van der Waals surface area contributed by atoms with Crippen LogP contribution in [-0.2, 0) is 27.4 Å². The Morgan fingerprint density at radius 1 is 1.28 bits per heavy atom. The highest BCUT2D eigenvalue weighted by atomic mass is 16.5. The van der Waals surface area contributed by atoms with Crippen molar-refractivity contribution >= 4 is 17.7 Å². The number of hydrogen-bond acceptors (Lipinski definition) is 6. The van der Waals surface area contributed by atoms with Crippen LogP contribution in [-0.4, -0.2) is 60.0 Å². The standard InChI is InChI=1S/C21H28N4O4/c1-21(2)12-23-14(11-29-21)9-22-8-13-4-3-5-15-16(13)10-25(20(15)28)17-6-7-18(26)24-19(17)27/h3-5,14,17,22-23H,6-12H2,1-2H3,(H,24,26,27). The van der Waals surface area contributed by atoms with Gasteiger partial charge in [0.25, 0.3) is 5.91 Å². The molecule has 0 bridgehead atoms. The van der Waals surface area contributed by atoms with Gasteiger partial charge in [-0.25, -0.2) is 0 Å². The van der Waals surface area contributed by atoms with E-state index in [-0.39, 0.29) is 35.8 Å². The summed E-state index contributed by atoms with van der Waals surface area (Å²) in [5, 5.41) is 9.29. The molecular formula is C21H28N4O4. The number of fused-ring (bicyclic) bond motifs is 1. The smallest absolute Gasteiger partial charge is 0.255 e. The molecule has 8 nitrogen and oxygen atoms in total. The third-order valence-electron chi connectivity index (χ3n) is 5.88. The molecule has 0 radical (unpaired) electrons. The van der Waals surface area contributed by atoms with E-state index in [1.165, 1.54) is 0 Å². The fraction of sp³-hybridized carbons (Fsp3) is 0.571. The zero-order valence-corrected chi connectivity index (χ0v) is 16.9. The van der Waals surface area contributed by atoms with Gasteiger partial charge in [-0.05, 0) is 37.5 Å². The minimum atomic E-state index is -0.583. The summed E-state index contributed by atoms with van der Waals surface area (Å²) in [5.74, 6) is -0.793. The summed E-state index contributed by atoms with van der Waals surface area (Å²) in [6, 6.07) is 5.38. The van der Waals surface area contributed by atoms with E-state index in [0.29, 0.717) is 31.7 Å². The van der Waals surface area contributed by atoms with Crippen molar-refractivity contribution in [2.24, 2.45) is 0 Å². The predicted octanol–water partition coefficient (Wildman–Crippen LogP) is 0.304. The number of nitrogens with zero attached hydrogens (tertiary/aromatic N) is 1. The van der Waals surface area contributed by atoms with Gasteiger partial charge in [0.15, 0.2) is 0 Å². The van der Waals surface area contributed by atoms with Crippen LogP contribution in [0.1, 0.15) is 48.2 Å². The second-order valence-electron chi connectivity index (χ2n) is 8.62. The Morgan fingerprint density at radius 3 is 2.83 bits per heavy atom. The Labute approximate surface area is 170 Å². The molecule has 1 aromatic carbocycles. The first-order chi connectivity index (χ1) is 13.8. The second-order valence-corrected chi connectivity index (χ2v) is 8.62. The van der Waals surface area contributed by atoms with Gasteiger partial charge < -0.3 is 20.3 Å². The third-order valence-corrected chi connectivity index (χ3v) is 5.88. The van der Waals surface area contributed by atoms with Crippen molar-refractivity contribution in [3.8, 4) is 0 Å². The van der Waals surface area contributed by atoms with Crippen LogP contribution in [0.2, 0.25) is 0 Å². The van der Waals surface area contributed by atoms with Crippen LogP contribution < -0.4 is 16.0 Å². The monoisotopic (exact) mass is 400 g/mol. The van der Waals surface area contributed by atoms with Gasteiger partial charge in [0.05, 0.1) is 12.2 Å². The van der Waals surface area contributed by atoms with E-state index in [1.54, 1.807) is 4.90 Å². The quantitative estimate of drug-likeness (QED) is 0.615. The number of amides is 3. The van der Waals surface area contributed by atoms with E-state index in [0.717, 1.165) is 24.2 Å². The number of ether oxygens (including phenoxy) is 1. The van der Waals surface area contributed by atoms with Crippen molar-refractivity contribution in [2.45, 2.75) is 57.5 Å². The molecule has 4 rings (SSSR count). The lowest BCUT2D eigenvalue weighted by atomic mass is 10.0. The summed E-state index contributed by atoms with van der Waals surface area (Å²) in [5.41, 5.74) is 2.54. The highest BCUT2D eigenvalue weighted by Crippen LogP contribution is 2.29. The molecule has 2 unspecified atom stereocenters. The minimum absolute atomic E-state index is 0.128. The van der Waals surface area contributed by atoms with Gasteiger partial charge in [-0.2, -0.15) is 0 Å². The first-order valence-electron chi connectivity index (χ1n) is 10.2. The molecule has 2 atom stereocenters. The minimum Gasteiger partial charge on any atom is -0.373 e. The summed E-state index contributed by atoms with van der Waals surface area (Å²) in [4.78, 5) is 38.1. The molecule has 3 heterocycles. The van der Waals surface area contributed by atoms with E-state index in [4.69, 9.17) is 4.74 Å². The predicted molar refractivity (Wildman–Crippen MR) is 106 cm³/mol. The number of imide groups is 1. The first kappa shape index (κ1) is 20.0. The number of benzene rings is 1. The summed E-state index contributed by atoms with van der Waals surface area (Å²) >= 11 is 0. The van der Waals surface area contributed by atoms with Crippen molar-refractivity contribution in [1.29, 1.82) is 0 Å². The molecule has 2 saturated heterocycles. The molecule has 0 aromatic heterocycles. The van der Waals surface area contributed by atoms with Crippen LogP contribution in [0, 0.1) is 0 Å². The highest BCUT2D eigenvalue weighted by Gasteiger charge is 2.39. The number of carbonyl (C=O) groups excluding carboxylic acids is 3. The van der Waals surface area contributed by atoms with E-state index in [9.17, 15) is 14.4 Å². The average Bonchev–Trinajstić information content (AvgIpc) is 3.01. The van der Waals surface area contributed by atoms with Gasteiger partial charge >= 0.3 is 0 Å². The van der Waals surface area contributed by atoms with Gasteiger partial charge in [0.2, 0.25) is 11.8 Å². The zero-order chi connectivity index (χ0) is 20.6. The summed E-state index contributed by atoms with van der Waals surface area (Å²) in [6.07, 6.45) is 0.639. The number of morpholine rings is 1. The molecule has 3 amide bonds. The van der Waals surface area contributed by atoms with Gasteiger partial charge in [-0.3, -0.25) is 19.7 Å².